The molecule has 2 aromatic rings. The highest BCUT2D eigenvalue weighted by Crippen LogP contribution is 2.41. The van der Waals surface area contributed by atoms with Crippen molar-refractivity contribution in [3.8, 4) is 0 Å². The second-order valence-corrected chi connectivity index (χ2v) is 7.02. The van der Waals surface area contributed by atoms with Crippen LogP contribution >= 0.6 is 11.3 Å². The zero-order valence-corrected chi connectivity index (χ0v) is 13.9. The molecule has 0 saturated heterocycles. The molecule has 1 aliphatic rings. The van der Waals surface area contributed by atoms with Crippen LogP contribution in [0.5, 0.6) is 0 Å². The van der Waals surface area contributed by atoms with E-state index in [1.807, 2.05) is 50.4 Å². The zero-order chi connectivity index (χ0) is 16.1. The fourth-order valence-corrected chi connectivity index (χ4v) is 3.66. The average molecular weight is 314 g/mol. The van der Waals surface area contributed by atoms with Crippen LogP contribution in [0.4, 0.5) is 11.4 Å². The van der Waals surface area contributed by atoms with E-state index in [-0.39, 0.29) is 11.8 Å². The maximum absolute atomic E-state index is 12.3. The summed E-state index contributed by atoms with van der Waals surface area (Å²) in [5, 5.41) is 4.83. The summed E-state index contributed by atoms with van der Waals surface area (Å²) in [7, 11) is 1.78. The summed E-state index contributed by atoms with van der Waals surface area (Å²) in [6.07, 6.45) is 0. The van der Waals surface area contributed by atoms with Crippen LogP contribution in [0.25, 0.3) is 0 Å². The molecule has 0 unspecified atom stereocenters. The summed E-state index contributed by atoms with van der Waals surface area (Å²) in [5.41, 5.74) is 2.97. The third-order valence-corrected chi connectivity index (χ3v) is 5.21. The normalized spacial score (nSPS) is 15.8. The van der Waals surface area contributed by atoms with Crippen LogP contribution < -0.4 is 10.2 Å². The first-order valence-electron chi connectivity index (χ1n) is 7.10. The minimum atomic E-state index is -0.566. The van der Waals surface area contributed by atoms with Crippen LogP contribution in [0.2, 0.25) is 0 Å². The molecule has 1 aliphatic heterocycles. The number of anilines is 2. The predicted octanol–water partition coefficient (Wildman–Crippen LogP) is 3.56. The SMILES string of the molecule is Cc1ccsc1C(=O)Nc1ccc2c(c1)C(C)(C)C(=O)N2C. The number of aryl methyl sites for hydroxylation is 1. The number of hydrogen-bond donors (Lipinski definition) is 1. The Morgan fingerprint density at radius 2 is 2.00 bits per heavy atom. The predicted molar refractivity (Wildman–Crippen MR) is 89.9 cm³/mol. The van der Waals surface area contributed by atoms with Crippen LogP contribution in [0, 0.1) is 6.92 Å². The summed E-state index contributed by atoms with van der Waals surface area (Å²) >= 11 is 1.43. The Morgan fingerprint density at radius 1 is 1.27 bits per heavy atom. The maximum Gasteiger partial charge on any atom is 0.265 e. The van der Waals surface area contributed by atoms with Crippen LogP contribution in [0.15, 0.2) is 29.6 Å². The number of rotatable bonds is 2. The molecule has 22 heavy (non-hydrogen) atoms. The first-order chi connectivity index (χ1) is 10.3. The third kappa shape index (κ3) is 2.13. The van der Waals surface area contributed by atoms with Crippen molar-refractivity contribution in [2.75, 3.05) is 17.3 Å². The van der Waals surface area contributed by atoms with Gasteiger partial charge in [0.2, 0.25) is 5.91 Å². The minimum Gasteiger partial charge on any atom is -0.321 e. The van der Waals surface area contributed by atoms with Crippen molar-refractivity contribution in [1.82, 2.24) is 0 Å². The van der Waals surface area contributed by atoms with Gasteiger partial charge in [0.15, 0.2) is 0 Å². The summed E-state index contributed by atoms with van der Waals surface area (Å²) in [6, 6.07) is 7.56. The third-order valence-electron chi connectivity index (χ3n) is 4.20. The van der Waals surface area contributed by atoms with Gasteiger partial charge in [-0.25, -0.2) is 0 Å². The molecule has 0 aliphatic carbocycles. The van der Waals surface area contributed by atoms with Crippen molar-refractivity contribution in [2.45, 2.75) is 26.2 Å². The first kappa shape index (κ1) is 14.8. The molecule has 1 aromatic heterocycles. The monoisotopic (exact) mass is 314 g/mol. The lowest BCUT2D eigenvalue weighted by Crippen LogP contribution is -2.33. The van der Waals surface area contributed by atoms with Gasteiger partial charge in [-0.05, 0) is 61.5 Å². The van der Waals surface area contributed by atoms with Gasteiger partial charge in [-0.15, -0.1) is 11.3 Å². The van der Waals surface area contributed by atoms with E-state index < -0.39 is 5.41 Å². The average Bonchev–Trinajstić information content (AvgIpc) is 2.97. The van der Waals surface area contributed by atoms with Gasteiger partial charge >= 0.3 is 0 Å². The molecule has 1 N–H and O–H groups in total. The van der Waals surface area contributed by atoms with Crippen molar-refractivity contribution in [3.05, 3.63) is 45.6 Å². The number of thiophene rings is 1. The van der Waals surface area contributed by atoms with Gasteiger partial charge in [0, 0.05) is 18.4 Å². The van der Waals surface area contributed by atoms with Gasteiger partial charge < -0.3 is 10.2 Å². The van der Waals surface area contributed by atoms with E-state index in [1.165, 1.54) is 11.3 Å². The smallest absolute Gasteiger partial charge is 0.265 e. The number of carbonyl (C=O) groups excluding carboxylic acids is 2. The minimum absolute atomic E-state index is 0.0695. The molecule has 5 heteroatoms. The lowest BCUT2D eigenvalue weighted by molar-refractivity contribution is -0.121. The van der Waals surface area contributed by atoms with E-state index in [1.54, 1.807) is 11.9 Å². The number of nitrogens with one attached hydrogen (secondary N) is 1. The Bertz CT molecular complexity index is 777. The molecule has 114 valence electrons. The summed E-state index contributed by atoms with van der Waals surface area (Å²) < 4.78 is 0. The van der Waals surface area contributed by atoms with E-state index in [9.17, 15) is 9.59 Å². The van der Waals surface area contributed by atoms with Crippen molar-refractivity contribution in [1.29, 1.82) is 0 Å². The number of amides is 2. The molecule has 3 rings (SSSR count). The molecule has 2 heterocycles. The highest BCUT2D eigenvalue weighted by molar-refractivity contribution is 7.12. The zero-order valence-electron chi connectivity index (χ0n) is 13.1. The Balaban J connectivity index is 1.93. The van der Waals surface area contributed by atoms with Crippen molar-refractivity contribution in [2.24, 2.45) is 0 Å². The van der Waals surface area contributed by atoms with E-state index in [2.05, 4.69) is 5.32 Å². The van der Waals surface area contributed by atoms with Gasteiger partial charge in [-0.3, -0.25) is 9.59 Å². The van der Waals surface area contributed by atoms with E-state index >= 15 is 0 Å². The standard InChI is InChI=1S/C17H18N2O2S/c1-10-7-8-22-14(10)15(20)18-11-5-6-13-12(9-11)17(2,3)16(21)19(13)4/h5-9H,1-4H3,(H,18,20). The number of hydrogen-bond acceptors (Lipinski definition) is 3. The second-order valence-electron chi connectivity index (χ2n) is 6.11. The first-order valence-corrected chi connectivity index (χ1v) is 7.98. The van der Waals surface area contributed by atoms with Gasteiger partial charge in [0.05, 0.1) is 10.3 Å². The summed E-state index contributed by atoms with van der Waals surface area (Å²) in [4.78, 5) is 27.0. The molecular weight excluding hydrogens is 296 g/mol. The Labute approximate surface area is 133 Å². The fraction of sp³-hybridized carbons (Fsp3) is 0.294. The van der Waals surface area contributed by atoms with Crippen molar-refractivity contribution >= 4 is 34.5 Å². The topological polar surface area (TPSA) is 49.4 Å². The molecule has 1 aromatic carbocycles. The molecule has 4 nitrogen and oxygen atoms in total. The second kappa shape index (κ2) is 4.95. The molecular formula is C17H18N2O2S. The molecule has 0 radical (unpaired) electrons. The van der Waals surface area contributed by atoms with Gasteiger partial charge in [-0.1, -0.05) is 0 Å². The Kier molecular flexibility index (Phi) is 3.33. The molecule has 0 atom stereocenters. The number of likely N-dealkylation sites (N-methyl/N-ethyl adjacent to an activating group) is 1. The van der Waals surface area contributed by atoms with Crippen LogP contribution in [0.1, 0.15) is 34.6 Å². The Morgan fingerprint density at radius 3 is 2.64 bits per heavy atom. The number of fused-ring (bicyclic) bond motifs is 1. The lowest BCUT2D eigenvalue weighted by atomic mass is 9.86. The van der Waals surface area contributed by atoms with Crippen LogP contribution in [0.3, 0.4) is 0 Å². The highest BCUT2D eigenvalue weighted by atomic mass is 32.1. The Hall–Kier alpha value is -2.14. The van der Waals surface area contributed by atoms with Gasteiger partial charge in [-0.2, -0.15) is 0 Å². The van der Waals surface area contributed by atoms with Gasteiger partial charge in [0.25, 0.3) is 5.91 Å². The molecule has 0 bridgehead atoms. The van der Waals surface area contributed by atoms with Crippen molar-refractivity contribution < 1.29 is 9.59 Å². The van der Waals surface area contributed by atoms with E-state index in [0.717, 1.165) is 16.8 Å². The summed E-state index contributed by atoms with van der Waals surface area (Å²) in [6.45, 7) is 5.74. The largest absolute Gasteiger partial charge is 0.321 e. The molecule has 0 fully saturated rings. The lowest BCUT2D eigenvalue weighted by Gasteiger charge is -2.16. The van der Waals surface area contributed by atoms with Crippen molar-refractivity contribution in [3.63, 3.8) is 0 Å². The molecule has 0 saturated carbocycles. The molecule has 2 amide bonds. The highest BCUT2D eigenvalue weighted by Gasteiger charge is 2.42. The molecule has 0 spiro atoms. The number of nitrogens with zero attached hydrogens (tertiary/aromatic N) is 1. The van der Waals surface area contributed by atoms with E-state index in [4.69, 9.17) is 0 Å². The van der Waals surface area contributed by atoms with Crippen LogP contribution in [-0.4, -0.2) is 18.9 Å². The summed E-state index contributed by atoms with van der Waals surface area (Å²) in [5.74, 6) is -0.0389. The fourth-order valence-electron chi connectivity index (χ4n) is 2.84. The number of carbonyl (C=O) groups is 2. The quantitative estimate of drug-likeness (QED) is 0.921. The maximum atomic E-state index is 12.3. The van der Waals surface area contributed by atoms with Crippen LogP contribution in [-0.2, 0) is 10.2 Å². The van der Waals surface area contributed by atoms with Gasteiger partial charge in [0.1, 0.15) is 0 Å². The number of benzene rings is 1. The van der Waals surface area contributed by atoms with E-state index in [0.29, 0.717) is 10.6 Å².